The first-order valence-corrected chi connectivity index (χ1v) is 10.5. The summed E-state index contributed by atoms with van der Waals surface area (Å²) in [7, 11) is 0. The molecule has 3 nitrogen and oxygen atoms in total. The Labute approximate surface area is 166 Å². The van der Waals surface area contributed by atoms with E-state index in [1.54, 1.807) is 12.1 Å². The van der Waals surface area contributed by atoms with E-state index in [0.717, 1.165) is 36.6 Å². The molecule has 1 heterocycles. The largest absolute Gasteiger partial charge is 0.466 e. The van der Waals surface area contributed by atoms with Crippen LogP contribution in [0, 0.1) is 28.5 Å². The lowest BCUT2D eigenvalue weighted by Gasteiger charge is -2.34. The fourth-order valence-corrected chi connectivity index (χ4v) is 6.08. The molecule has 28 heavy (non-hydrogen) atoms. The lowest BCUT2D eigenvalue weighted by Crippen LogP contribution is -2.25. The molecule has 2 fully saturated rings. The number of aromatic nitrogens is 1. The van der Waals surface area contributed by atoms with Gasteiger partial charge < -0.3 is 4.74 Å². The Kier molecular flexibility index (Phi) is 4.71. The minimum atomic E-state index is -0.208. The van der Waals surface area contributed by atoms with Crippen LogP contribution in [0.15, 0.2) is 30.5 Å². The Balaban J connectivity index is 1.60. The molecule has 5 atom stereocenters. The Hall–Kier alpha value is -1.97. The van der Waals surface area contributed by atoms with Crippen LogP contribution in [0.2, 0.25) is 0 Å². The molecule has 4 heteroatoms. The molecule has 2 aliphatic rings. The normalized spacial score (nSPS) is 33.0. The first-order chi connectivity index (χ1) is 13.3. The van der Waals surface area contributed by atoms with Gasteiger partial charge in [-0.15, -0.1) is 0 Å². The maximum absolute atomic E-state index is 13.9. The number of rotatable bonds is 4. The van der Waals surface area contributed by atoms with Gasteiger partial charge in [0, 0.05) is 11.6 Å². The van der Waals surface area contributed by atoms with E-state index in [2.05, 4.69) is 24.9 Å². The number of carbonyl (C=O) groups excluding carboxylic acids is 1. The van der Waals surface area contributed by atoms with Crippen molar-refractivity contribution in [1.82, 2.24) is 4.98 Å². The van der Waals surface area contributed by atoms with Gasteiger partial charge >= 0.3 is 5.97 Å². The topological polar surface area (TPSA) is 39.2 Å². The summed E-state index contributed by atoms with van der Waals surface area (Å²) in [6.45, 7) is 9.10. The number of carbonyl (C=O) groups is 1. The smallest absolute Gasteiger partial charge is 0.308 e. The van der Waals surface area contributed by atoms with E-state index >= 15 is 0 Å². The second kappa shape index (κ2) is 6.82. The van der Waals surface area contributed by atoms with E-state index in [1.165, 1.54) is 11.6 Å². The quantitative estimate of drug-likeness (QED) is 0.620. The van der Waals surface area contributed by atoms with Crippen LogP contribution in [0.5, 0.6) is 0 Å². The second-order valence-corrected chi connectivity index (χ2v) is 9.50. The van der Waals surface area contributed by atoms with E-state index in [1.807, 2.05) is 20.0 Å². The molecular weight excluding hydrogens is 353 g/mol. The molecule has 0 bridgehead atoms. The van der Waals surface area contributed by atoms with Gasteiger partial charge in [0.15, 0.2) is 0 Å². The average Bonchev–Trinajstić information content (AvgIpc) is 3.05. The maximum Gasteiger partial charge on any atom is 0.308 e. The maximum atomic E-state index is 13.9. The van der Waals surface area contributed by atoms with Gasteiger partial charge in [-0.1, -0.05) is 20.8 Å². The summed E-state index contributed by atoms with van der Waals surface area (Å²) in [6, 6.07) is 6.94. The standard InChI is InChI=1S/C24H30FNO2/c1-5-28-22(27)15(2)16-11-23(3)13-17(14-24(23,4)12-16)19-8-9-26-21-7-6-18(25)10-20(19)21/h6-10,15-17H,5,11-14H2,1-4H3/t15?,16?,17?,23-,24+. The van der Waals surface area contributed by atoms with Gasteiger partial charge in [0.2, 0.25) is 0 Å². The van der Waals surface area contributed by atoms with Gasteiger partial charge in [0.05, 0.1) is 18.0 Å². The van der Waals surface area contributed by atoms with E-state index in [4.69, 9.17) is 4.74 Å². The van der Waals surface area contributed by atoms with Crippen LogP contribution >= 0.6 is 0 Å². The van der Waals surface area contributed by atoms with Crippen LogP contribution in [0.1, 0.15) is 64.9 Å². The highest BCUT2D eigenvalue weighted by atomic mass is 19.1. The highest BCUT2D eigenvalue weighted by Gasteiger charge is 2.59. The molecule has 0 radical (unpaired) electrons. The first kappa shape index (κ1) is 19.4. The number of nitrogens with zero attached hydrogens (tertiary/aromatic N) is 1. The minimum absolute atomic E-state index is 0.0477. The van der Waals surface area contributed by atoms with Crippen molar-refractivity contribution in [2.45, 2.75) is 59.3 Å². The zero-order valence-electron chi connectivity index (χ0n) is 17.3. The molecule has 0 amide bonds. The van der Waals surface area contributed by atoms with Crippen LogP contribution in [0.3, 0.4) is 0 Å². The van der Waals surface area contributed by atoms with Crippen LogP contribution in [0.25, 0.3) is 10.9 Å². The monoisotopic (exact) mass is 383 g/mol. The van der Waals surface area contributed by atoms with Crippen molar-refractivity contribution in [1.29, 1.82) is 0 Å². The van der Waals surface area contributed by atoms with E-state index < -0.39 is 0 Å². The molecule has 0 spiro atoms. The fraction of sp³-hybridized carbons (Fsp3) is 0.583. The van der Waals surface area contributed by atoms with Gasteiger partial charge in [0.25, 0.3) is 0 Å². The van der Waals surface area contributed by atoms with Crippen molar-refractivity contribution in [3.8, 4) is 0 Å². The van der Waals surface area contributed by atoms with Gasteiger partial charge in [-0.05, 0) is 85.1 Å². The summed E-state index contributed by atoms with van der Waals surface area (Å²) in [5.41, 5.74) is 2.45. The number of benzene rings is 1. The Morgan fingerprint density at radius 2 is 1.89 bits per heavy atom. The zero-order chi connectivity index (χ0) is 20.1. The molecule has 1 aromatic carbocycles. The number of hydrogen-bond donors (Lipinski definition) is 0. The van der Waals surface area contributed by atoms with Crippen molar-refractivity contribution in [3.63, 3.8) is 0 Å². The number of esters is 1. The minimum Gasteiger partial charge on any atom is -0.466 e. The molecule has 2 aromatic rings. The third kappa shape index (κ3) is 3.01. The molecule has 2 aliphatic carbocycles. The number of halogens is 1. The summed E-state index contributed by atoms with van der Waals surface area (Å²) in [4.78, 5) is 16.7. The molecule has 3 unspecified atom stereocenters. The number of fused-ring (bicyclic) bond motifs is 2. The Morgan fingerprint density at radius 3 is 2.54 bits per heavy atom. The van der Waals surface area contributed by atoms with E-state index in [-0.39, 0.29) is 28.5 Å². The Bertz CT molecular complexity index is 893. The molecule has 150 valence electrons. The van der Waals surface area contributed by atoms with E-state index in [9.17, 15) is 9.18 Å². The number of ether oxygens (including phenoxy) is 1. The number of hydrogen-bond acceptors (Lipinski definition) is 3. The second-order valence-electron chi connectivity index (χ2n) is 9.50. The van der Waals surface area contributed by atoms with Crippen LogP contribution in [-0.2, 0) is 9.53 Å². The third-order valence-electron chi connectivity index (χ3n) is 7.82. The lowest BCUT2D eigenvalue weighted by atomic mass is 9.71. The van der Waals surface area contributed by atoms with Gasteiger partial charge in [-0.25, -0.2) is 4.39 Å². The SMILES string of the molecule is CCOC(=O)C(C)C1C[C@]2(C)CC(c3ccnc4ccc(F)cc34)C[C@]2(C)C1. The molecular formula is C24H30FNO2. The molecule has 0 aliphatic heterocycles. The molecule has 1 aromatic heterocycles. The van der Waals surface area contributed by atoms with Gasteiger partial charge in [-0.2, -0.15) is 0 Å². The van der Waals surface area contributed by atoms with Crippen LogP contribution in [0.4, 0.5) is 4.39 Å². The van der Waals surface area contributed by atoms with Crippen molar-refractivity contribution in [2.24, 2.45) is 22.7 Å². The van der Waals surface area contributed by atoms with E-state index in [0.29, 0.717) is 18.4 Å². The Morgan fingerprint density at radius 1 is 1.21 bits per heavy atom. The fourth-order valence-electron chi connectivity index (χ4n) is 6.08. The molecule has 4 rings (SSSR count). The zero-order valence-corrected chi connectivity index (χ0v) is 17.3. The van der Waals surface area contributed by atoms with Gasteiger partial charge in [0.1, 0.15) is 5.82 Å². The van der Waals surface area contributed by atoms with Crippen LogP contribution < -0.4 is 0 Å². The summed E-state index contributed by atoms with van der Waals surface area (Å²) in [6.07, 6.45) is 6.10. The predicted molar refractivity (Wildman–Crippen MR) is 108 cm³/mol. The molecule has 2 saturated carbocycles. The highest BCUT2D eigenvalue weighted by Crippen LogP contribution is 2.68. The summed E-state index contributed by atoms with van der Waals surface area (Å²) in [5, 5.41) is 0.941. The van der Waals surface area contributed by atoms with Crippen molar-refractivity contribution < 1.29 is 13.9 Å². The van der Waals surface area contributed by atoms with Gasteiger partial charge in [-0.3, -0.25) is 9.78 Å². The van der Waals surface area contributed by atoms with Crippen molar-refractivity contribution in [2.75, 3.05) is 6.61 Å². The van der Waals surface area contributed by atoms with Crippen molar-refractivity contribution >= 4 is 16.9 Å². The summed E-state index contributed by atoms with van der Waals surface area (Å²) >= 11 is 0. The first-order valence-electron chi connectivity index (χ1n) is 10.5. The third-order valence-corrected chi connectivity index (χ3v) is 7.82. The predicted octanol–water partition coefficient (Wildman–Crippen LogP) is 5.87. The number of pyridine rings is 1. The highest BCUT2D eigenvalue weighted by molar-refractivity contribution is 5.82. The average molecular weight is 384 g/mol. The molecule has 0 N–H and O–H groups in total. The lowest BCUT2D eigenvalue weighted by molar-refractivity contribution is -0.149. The van der Waals surface area contributed by atoms with Crippen molar-refractivity contribution in [3.05, 3.63) is 41.8 Å². The summed E-state index contributed by atoms with van der Waals surface area (Å²) < 4.78 is 19.2. The van der Waals surface area contributed by atoms with Crippen LogP contribution in [-0.4, -0.2) is 17.6 Å². The molecule has 0 saturated heterocycles. The summed E-state index contributed by atoms with van der Waals surface area (Å²) in [5.74, 6) is 0.462.